The van der Waals surface area contributed by atoms with Crippen molar-refractivity contribution in [3.63, 3.8) is 0 Å². The van der Waals surface area contributed by atoms with Crippen molar-refractivity contribution in [3.8, 4) is 0 Å². The summed E-state index contributed by atoms with van der Waals surface area (Å²) in [5.41, 5.74) is 1.23. The highest BCUT2D eigenvalue weighted by molar-refractivity contribution is 9.13. The first kappa shape index (κ1) is 13.3. The Bertz CT molecular complexity index is 528. The van der Waals surface area contributed by atoms with E-state index < -0.39 is 0 Å². The Hall–Kier alpha value is -0.170. The maximum atomic E-state index is 11.9. The van der Waals surface area contributed by atoms with Crippen molar-refractivity contribution in [3.05, 3.63) is 41.1 Å². The normalized spacial score (nSPS) is 10.5. The first-order chi connectivity index (χ1) is 8.08. The molecule has 90 valence electrons. The SMILES string of the molecule is Cc1ccsc1CNC(=O)c1cc(Br)c(Br)s1. The average molecular weight is 395 g/mol. The van der Waals surface area contributed by atoms with Crippen molar-refractivity contribution in [2.45, 2.75) is 13.5 Å². The highest BCUT2D eigenvalue weighted by Gasteiger charge is 2.12. The molecule has 2 rings (SSSR count). The van der Waals surface area contributed by atoms with Gasteiger partial charge in [0.05, 0.1) is 15.2 Å². The predicted octanol–water partition coefficient (Wildman–Crippen LogP) is 4.57. The number of aryl methyl sites for hydroxylation is 1. The van der Waals surface area contributed by atoms with Gasteiger partial charge in [-0.3, -0.25) is 4.79 Å². The molecule has 0 saturated heterocycles. The van der Waals surface area contributed by atoms with Crippen LogP contribution in [0.2, 0.25) is 0 Å². The van der Waals surface area contributed by atoms with E-state index in [1.165, 1.54) is 21.8 Å². The summed E-state index contributed by atoms with van der Waals surface area (Å²) in [6, 6.07) is 3.88. The molecule has 0 atom stereocenters. The second-order valence-corrected chi connectivity index (χ2v) is 7.67. The van der Waals surface area contributed by atoms with Gasteiger partial charge in [-0.1, -0.05) is 0 Å². The maximum absolute atomic E-state index is 11.9. The minimum absolute atomic E-state index is 0.0331. The lowest BCUT2D eigenvalue weighted by molar-refractivity contribution is 0.0955. The first-order valence-electron chi connectivity index (χ1n) is 4.84. The minimum atomic E-state index is -0.0331. The Kier molecular flexibility index (Phi) is 4.41. The number of thiophene rings is 2. The Morgan fingerprint density at radius 2 is 2.24 bits per heavy atom. The highest BCUT2D eigenvalue weighted by Crippen LogP contribution is 2.32. The second kappa shape index (κ2) is 5.65. The van der Waals surface area contributed by atoms with Gasteiger partial charge < -0.3 is 5.32 Å². The van der Waals surface area contributed by atoms with Crippen LogP contribution in [0.4, 0.5) is 0 Å². The monoisotopic (exact) mass is 393 g/mol. The first-order valence-corrected chi connectivity index (χ1v) is 8.12. The van der Waals surface area contributed by atoms with Gasteiger partial charge in [0.25, 0.3) is 5.91 Å². The van der Waals surface area contributed by atoms with E-state index in [-0.39, 0.29) is 5.91 Å². The molecule has 2 aromatic rings. The average Bonchev–Trinajstić information content (AvgIpc) is 2.83. The Labute approximate surface area is 124 Å². The molecule has 0 radical (unpaired) electrons. The third-order valence-corrected chi connectivity index (χ3v) is 6.52. The standard InChI is InChI=1S/C11H9Br2NOS2/c1-6-2-3-16-9(6)5-14-11(15)8-4-7(12)10(13)17-8/h2-4H,5H2,1H3,(H,14,15). The van der Waals surface area contributed by atoms with E-state index in [1.807, 2.05) is 11.4 Å². The zero-order chi connectivity index (χ0) is 12.4. The summed E-state index contributed by atoms with van der Waals surface area (Å²) >= 11 is 9.84. The molecule has 0 fully saturated rings. The van der Waals surface area contributed by atoms with E-state index in [2.05, 4.69) is 50.2 Å². The lowest BCUT2D eigenvalue weighted by atomic mass is 10.3. The lowest BCUT2D eigenvalue weighted by Crippen LogP contribution is -2.21. The van der Waals surface area contributed by atoms with Crippen LogP contribution in [0.3, 0.4) is 0 Å². The predicted molar refractivity (Wildman–Crippen MR) is 79.9 cm³/mol. The van der Waals surface area contributed by atoms with Crippen molar-refractivity contribution < 1.29 is 4.79 Å². The van der Waals surface area contributed by atoms with Crippen LogP contribution in [0.15, 0.2) is 25.8 Å². The number of hydrogen-bond donors (Lipinski definition) is 1. The number of carbonyl (C=O) groups is 1. The summed E-state index contributed by atoms with van der Waals surface area (Å²) in [6.45, 7) is 2.64. The zero-order valence-electron chi connectivity index (χ0n) is 8.92. The quantitative estimate of drug-likeness (QED) is 0.811. The van der Waals surface area contributed by atoms with E-state index in [0.29, 0.717) is 11.4 Å². The van der Waals surface area contributed by atoms with Gasteiger partial charge in [-0.05, 0) is 61.9 Å². The van der Waals surface area contributed by atoms with Crippen LogP contribution >= 0.6 is 54.5 Å². The van der Waals surface area contributed by atoms with Crippen LogP contribution in [0.1, 0.15) is 20.1 Å². The van der Waals surface area contributed by atoms with Gasteiger partial charge in [-0.15, -0.1) is 22.7 Å². The van der Waals surface area contributed by atoms with Gasteiger partial charge in [0, 0.05) is 9.35 Å². The molecule has 2 heterocycles. The molecule has 1 N–H and O–H groups in total. The minimum Gasteiger partial charge on any atom is -0.346 e. The van der Waals surface area contributed by atoms with Crippen LogP contribution in [-0.2, 0) is 6.54 Å². The fourth-order valence-corrected chi connectivity index (χ4v) is 4.09. The summed E-state index contributed by atoms with van der Waals surface area (Å²) in [7, 11) is 0. The molecule has 6 heteroatoms. The van der Waals surface area contributed by atoms with Crippen molar-refractivity contribution in [2.75, 3.05) is 0 Å². The molecule has 0 unspecified atom stereocenters. The molecular weight excluding hydrogens is 386 g/mol. The molecule has 0 bridgehead atoms. The van der Waals surface area contributed by atoms with Crippen LogP contribution < -0.4 is 5.32 Å². The second-order valence-electron chi connectivity index (χ2n) is 3.44. The van der Waals surface area contributed by atoms with E-state index >= 15 is 0 Å². The molecule has 2 aromatic heterocycles. The molecular formula is C11H9Br2NOS2. The van der Waals surface area contributed by atoms with Gasteiger partial charge in [0.1, 0.15) is 0 Å². The van der Waals surface area contributed by atoms with E-state index in [0.717, 1.165) is 8.26 Å². The molecule has 1 amide bonds. The smallest absolute Gasteiger partial charge is 0.261 e. The number of amides is 1. The lowest BCUT2D eigenvalue weighted by Gasteiger charge is -2.02. The van der Waals surface area contributed by atoms with E-state index in [9.17, 15) is 4.79 Å². The molecule has 0 saturated carbocycles. The van der Waals surface area contributed by atoms with Crippen molar-refractivity contribution >= 4 is 60.4 Å². The number of halogens is 2. The van der Waals surface area contributed by atoms with Crippen molar-refractivity contribution in [2.24, 2.45) is 0 Å². The summed E-state index contributed by atoms with van der Waals surface area (Å²) in [5, 5.41) is 4.96. The van der Waals surface area contributed by atoms with Gasteiger partial charge in [-0.25, -0.2) is 0 Å². The van der Waals surface area contributed by atoms with Crippen LogP contribution in [0.5, 0.6) is 0 Å². The molecule has 0 aromatic carbocycles. The molecule has 0 aliphatic carbocycles. The number of rotatable bonds is 3. The Morgan fingerprint density at radius 1 is 1.47 bits per heavy atom. The van der Waals surface area contributed by atoms with Crippen LogP contribution in [0, 0.1) is 6.92 Å². The van der Waals surface area contributed by atoms with Gasteiger partial charge in [0.15, 0.2) is 0 Å². The zero-order valence-corrected chi connectivity index (χ0v) is 13.7. The summed E-state index contributed by atoms with van der Waals surface area (Å²) in [4.78, 5) is 13.8. The summed E-state index contributed by atoms with van der Waals surface area (Å²) in [6.07, 6.45) is 0. The molecule has 0 aliphatic heterocycles. The van der Waals surface area contributed by atoms with Crippen molar-refractivity contribution in [1.29, 1.82) is 0 Å². The Balaban J connectivity index is 2.00. The van der Waals surface area contributed by atoms with Crippen LogP contribution in [-0.4, -0.2) is 5.91 Å². The molecule has 17 heavy (non-hydrogen) atoms. The van der Waals surface area contributed by atoms with Gasteiger partial charge in [-0.2, -0.15) is 0 Å². The number of carbonyl (C=O) groups excluding carboxylic acids is 1. The molecule has 0 aliphatic rings. The third-order valence-electron chi connectivity index (χ3n) is 2.25. The van der Waals surface area contributed by atoms with E-state index in [1.54, 1.807) is 11.3 Å². The highest BCUT2D eigenvalue weighted by atomic mass is 79.9. The van der Waals surface area contributed by atoms with Gasteiger partial charge in [0.2, 0.25) is 0 Å². The number of hydrogen-bond acceptors (Lipinski definition) is 3. The maximum Gasteiger partial charge on any atom is 0.261 e. The Morgan fingerprint density at radius 3 is 2.76 bits per heavy atom. The third kappa shape index (κ3) is 3.19. The number of nitrogens with one attached hydrogen (secondary N) is 1. The molecule has 2 nitrogen and oxygen atoms in total. The van der Waals surface area contributed by atoms with Gasteiger partial charge >= 0.3 is 0 Å². The van der Waals surface area contributed by atoms with Crippen molar-refractivity contribution in [1.82, 2.24) is 5.32 Å². The van der Waals surface area contributed by atoms with Crippen LogP contribution in [0.25, 0.3) is 0 Å². The largest absolute Gasteiger partial charge is 0.346 e. The fraction of sp³-hybridized carbons (Fsp3) is 0.182. The topological polar surface area (TPSA) is 29.1 Å². The fourth-order valence-electron chi connectivity index (χ4n) is 1.29. The molecule has 0 spiro atoms. The van der Waals surface area contributed by atoms with E-state index in [4.69, 9.17) is 0 Å². The summed E-state index contributed by atoms with van der Waals surface area (Å²) < 4.78 is 1.86. The summed E-state index contributed by atoms with van der Waals surface area (Å²) in [5.74, 6) is -0.0331.